The summed E-state index contributed by atoms with van der Waals surface area (Å²) in [4.78, 5) is 0. The highest BCUT2D eigenvalue weighted by Crippen LogP contribution is 2.62. The molecule has 108 valence electrons. The van der Waals surface area contributed by atoms with E-state index in [-0.39, 0.29) is 11.9 Å². The molecular weight excluding hydrogens is 264 g/mol. The van der Waals surface area contributed by atoms with Gasteiger partial charge in [0.15, 0.2) is 11.5 Å². The van der Waals surface area contributed by atoms with Crippen LogP contribution in [-0.2, 0) is 4.74 Å². The Bertz CT molecular complexity index is 706. The van der Waals surface area contributed by atoms with Crippen molar-refractivity contribution in [3.8, 4) is 22.6 Å². The lowest BCUT2D eigenvalue weighted by atomic mass is 9.70. The molecule has 1 N–H and O–H groups in total. The highest BCUT2D eigenvalue weighted by Gasteiger charge is 2.47. The van der Waals surface area contributed by atoms with Gasteiger partial charge in [-0.25, -0.2) is 0 Å². The van der Waals surface area contributed by atoms with Crippen LogP contribution in [0.3, 0.4) is 0 Å². The van der Waals surface area contributed by atoms with E-state index in [2.05, 4.69) is 6.92 Å². The maximum atomic E-state index is 10.7. The van der Waals surface area contributed by atoms with Gasteiger partial charge in [0.1, 0.15) is 0 Å². The molecule has 0 saturated carbocycles. The number of ether oxygens (including phenoxy) is 2. The van der Waals surface area contributed by atoms with Crippen molar-refractivity contribution < 1.29 is 14.6 Å². The van der Waals surface area contributed by atoms with Crippen molar-refractivity contribution in [3.05, 3.63) is 47.0 Å². The predicted octanol–water partition coefficient (Wildman–Crippen LogP) is 3.93. The smallest absolute Gasteiger partial charge is 0.167 e. The van der Waals surface area contributed by atoms with Gasteiger partial charge in [-0.05, 0) is 30.0 Å². The molecule has 1 aliphatic carbocycles. The Hall–Kier alpha value is -2.00. The Kier molecular flexibility index (Phi) is 2.73. The molecule has 0 bridgehead atoms. The van der Waals surface area contributed by atoms with E-state index in [1.165, 1.54) is 5.56 Å². The van der Waals surface area contributed by atoms with E-state index in [0.717, 1.165) is 35.3 Å². The Morgan fingerprint density at radius 1 is 1.19 bits per heavy atom. The zero-order chi connectivity index (χ0) is 14.6. The lowest BCUT2D eigenvalue weighted by Crippen LogP contribution is -2.23. The van der Waals surface area contributed by atoms with Crippen LogP contribution in [0.1, 0.15) is 35.1 Å². The Morgan fingerprint density at radius 3 is 2.67 bits per heavy atom. The molecule has 0 aromatic heterocycles. The predicted molar refractivity (Wildman–Crippen MR) is 80.9 cm³/mol. The van der Waals surface area contributed by atoms with E-state index in [1.807, 2.05) is 30.3 Å². The van der Waals surface area contributed by atoms with Crippen LogP contribution in [0.25, 0.3) is 11.1 Å². The minimum atomic E-state index is 0.101. The number of hydrogen-bond donors (Lipinski definition) is 1. The van der Waals surface area contributed by atoms with Gasteiger partial charge in [-0.15, -0.1) is 0 Å². The van der Waals surface area contributed by atoms with Crippen molar-refractivity contribution in [2.45, 2.75) is 25.4 Å². The molecule has 2 aromatic rings. The minimum Gasteiger partial charge on any atom is -0.504 e. The molecule has 0 spiro atoms. The fraction of sp³-hybridized carbons (Fsp3) is 0.333. The van der Waals surface area contributed by atoms with Crippen molar-refractivity contribution >= 4 is 0 Å². The number of hydrogen-bond acceptors (Lipinski definition) is 3. The largest absolute Gasteiger partial charge is 0.504 e. The van der Waals surface area contributed by atoms with Crippen LogP contribution in [0.15, 0.2) is 30.3 Å². The summed E-state index contributed by atoms with van der Waals surface area (Å²) < 4.78 is 11.3. The molecule has 2 aliphatic rings. The van der Waals surface area contributed by atoms with Gasteiger partial charge >= 0.3 is 0 Å². The molecule has 2 atom stereocenters. The van der Waals surface area contributed by atoms with Gasteiger partial charge in [-0.1, -0.05) is 30.3 Å². The van der Waals surface area contributed by atoms with Crippen molar-refractivity contribution in [2.24, 2.45) is 0 Å². The highest BCUT2D eigenvalue weighted by atomic mass is 16.5. The van der Waals surface area contributed by atoms with Crippen LogP contribution < -0.4 is 4.74 Å². The van der Waals surface area contributed by atoms with E-state index in [4.69, 9.17) is 9.47 Å². The fourth-order valence-corrected chi connectivity index (χ4v) is 3.88. The third kappa shape index (κ3) is 1.58. The normalized spacial score (nSPS) is 22.4. The number of benzene rings is 2. The third-order valence-electron chi connectivity index (χ3n) is 4.78. The second-order valence-electron chi connectivity index (χ2n) is 5.76. The molecule has 1 aliphatic heterocycles. The van der Waals surface area contributed by atoms with E-state index in [1.54, 1.807) is 7.11 Å². The van der Waals surface area contributed by atoms with Crippen LogP contribution in [0.4, 0.5) is 0 Å². The summed E-state index contributed by atoms with van der Waals surface area (Å²) in [7, 11) is 1.61. The van der Waals surface area contributed by atoms with E-state index in [9.17, 15) is 5.11 Å². The van der Waals surface area contributed by atoms with Crippen molar-refractivity contribution in [1.82, 2.24) is 0 Å². The van der Waals surface area contributed by atoms with Gasteiger partial charge in [0.25, 0.3) is 0 Å². The van der Waals surface area contributed by atoms with Gasteiger partial charge in [0.05, 0.1) is 13.2 Å². The number of fused-ring (bicyclic) bond motifs is 4. The zero-order valence-corrected chi connectivity index (χ0v) is 12.2. The molecule has 3 nitrogen and oxygen atoms in total. The SMILES string of the molecule is COc1c(O)c(-c2ccccc2)c(C)c2c1C1OCCC21. The average Bonchev–Trinajstić information content (AvgIpc) is 2.88. The molecular formula is C18H18O3. The van der Waals surface area contributed by atoms with E-state index in [0.29, 0.717) is 11.7 Å². The van der Waals surface area contributed by atoms with E-state index >= 15 is 0 Å². The molecule has 2 aromatic carbocycles. The van der Waals surface area contributed by atoms with Gasteiger partial charge < -0.3 is 14.6 Å². The lowest BCUT2D eigenvalue weighted by molar-refractivity contribution is 0.0848. The van der Waals surface area contributed by atoms with Crippen LogP contribution >= 0.6 is 0 Å². The van der Waals surface area contributed by atoms with Gasteiger partial charge in [0, 0.05) is 23.7 Å². The Labute approximate surface area is 124 Å². The molecule has 21 heavy (non-hydrogen) atoms. The third-order valence-corrected chi connectivity index (χ3v) is 4.78. The first-order valence-corrected chi connectivity index (χ1v) is 7.34. The highest BCUT2D eigenvalue weighted by molar-refractivity contribution is 5.82. The number of rotatable bonds is 2. The average molecular weight is 282 g/mol. The topological polar surface area (TPSA) is 38.7 Å². The first-order chi connectivity index (χ1) is 10.2. The molecule has 1 saturated heterocycles. The monoisotopic (exact) mass is 282 g/mol. The first-order valence-electron chi connectivity index (χ1n) is 7.34. The summed E-state index contributed by atoms with van der Waals surface area (Å²) in [5.41, 5.74) is 5.43. The maximum Gasteiger partial charge on any atom is 0.167 e. The molecule has 1 heterocycles. The molecule has 0 radical (unpaired) electrons. The van der Waals surface area contributed by atoms with Crippen molar-refractivity contribution in [1.29, 1.82) is 0 Å². The quantitative estimate of drug-likeness (QED) is 0.907. The summed E-state index contributed by atoms with van der Waals surface area (Å²) in [6, 6.07) is 10.0. The summed E-state index contributed by atoms with van der Waals surface area (Å²) in [5.74, 6) is 1.27. The van der Waals surface area contributed by atoms with Gasteiger partial charge in [0.2, 0.25) is 0 Å². The summed E-state index contributed by atoms with van der Waals surface area (Å²) in [5, 5.41) is 10.7. The molecule has 2 unspecified atom stereocenters. The molecule has 1 fully saturated rings. The van der Waals surface area contributed by atoms with Crippen LogP contribution in [-0.4, -0.2) is 18.8 Å². The summed E-state index contributed by atoms with van der Waals surface area (Å²) >= 11 is 0. The molecule has 3 heteroatoms. The standard InChI is InChI=1S/C18H18O3/c1-10-13(11-6-4-3-5-7-11)16(19)18(20-2)15-14(10)12-8-9-21-17(12)15/h3-7,12,17,19H,8-9H2,1-2H3. The Morgan fingerprint density at radius 2 is 1.95 bits per heavy atom. The maximum absolute atomic E-state index is 10.7. The van der Waals surface area contributed by atoms with Crippen LogP contribution in [0, 0.1) is 6.92 Å². The number of phenols is 1. The molecule has 4 rings (SSSR count). The van der Waals surface area contributed by atoms with Gasteiger partial charge in [-0.2, -0.15) is 0 Å². The zero-order valence-electron chi connectivity index (χ0n) is 12.2. The number of phenolic OH excluding ortho intramolecular Hbond substituents is 1. The first kappa shape index (κ1) is 12.7. The van der Waals surface area contributed by atoms with Crippen molar-refractivity contribution in [3.63, 3.8) is 0 Å². The van der Waals surface area contributed by atoms with E-state index < -0.39 is 0 Å². The fourth-order valence-electron chi connectivity index (χ4n) is 3.88. The van der Waals surface area contributed by atoms with Crippen LogP contribution in [0.2, 0.25) is 0 Å². The summed E-state index contributed by atoms with van der Waals surface area (Å²) in [6.07, 6.45) is 1.16. The molecule has 0 amide bonds. The second kappa shape index (κ2) is 4.50. The minimum absolute atomic E-state index is 0.101. The van der Waals surface area contributed by atoms with Gasteiger partial charge in [-0.3, -0.25) is 0 Å². The number of methoxy groups -OCH3 is 1. The summed E-state index contributed by atoms with van der Waals surface area (Å²) in [6.45, 7) is 2.88. The van der Waals surface area contributed by atoms with Crippen molar-refractivity contribution in [2.75, 3.05) is 13.7 Å². The Balaban J connectivity index is 2.00. The number of aromatic hydroxyl groups is 1. The second-order valence-corrected chi connectivity index (χ2v) is 5.76. The van der Waals surface area contributed by atoms with Crippen LogP contribution in [0.5, 0.6) is 11.5 Å². The lowest BCUT2D eigenvalue weighted by Gasteiger charge is -2.37.